The highest BCUT2D eigenvalue weighted by molar-refractivity contribution is 6.23. The van der Waals surface area contributed by atoms with E-state index in [0.717, 1.165) is 11.4 Å². The molecule has 0 fully saturated rings. The molecule has 0 aliphatic heterocycles. The maximum atomic E-state index is 8.08. The number of nitrogens with zero attached hydrogens (tertiary/aromatic N) is 1. The van der Waals surface area contributed by atoms with Crippen molar-refractivity contribution in [2.24, 2.45) is 10.7 Å². The molecule has 0 aromatic heterocycles. The second-order valence-corrected chi connectivity index (χ2v) is 5.41. The Morgan fingerprint density at radius 2 is 1.38 bits per heavy atom. The minimum atomic E-state index is 0.292. The van der Waals surface area contributed by atoms with Crippen LogP contribution in [0.2, 0.25) is 0 Å². The molecule has 1 aliphatic carbocycles. The van der Waals surface area contributed by atoms with Crippen LogP contribution in [0, 0.1) is 5.41 Å². The number of hydrogen-bond donors (Lipinski definition) is 5. The third-order valence-corrected chi connectivity index (χ3v) is 3.50. The molecule has 0 heterocycles. The summed E-state index contributed by atoms with van der Waals surface area (Å²) in [7, 11) is 0. The second kappa shape index (κ2) is 6.29. The predicted molar refractivity (Wildman–Crippen MR) is 101 cm³/mol. The Morgan fingerprint density at radius 1 is 0.792 bits per heavy atom. The number of nitrogens with two attached hydrogens (primary N) is 3. The van der Waals surface area contributed by atoms with Crippen molar-refractivity contribution in [2.45, 2.75) is 0 Å². The van der Waals surface area contributed by atoms with Gasteiger partial charge in [-0.25, -0.2) is 4.99 Å². The van der Waals surface area contributed by atoms with Crippen molar-refractivity contribution < 1.29 is 0 Å². The predicted octanol–water partition coefficient (Wildman–Crippen LogP) is 2.80. The molecular formula is C18H18N6. The van der Waals surface area contributed by atoms with Crippen molar-refractivity contribution in [3.63, 3.8) is 0 Å². The summed E-state index contributed by atoms with van der Waals surface area (Å²) in [5, 5.41) is 11.3. The van der Waals surface area contributed by atoms with E-state index in [2.05, 4.69) is 10.3 Å². The fraction of sp³-hybridized carbons (Fsp3) is 0. The first-order valence-electron chi connectivity index (χ1n) is 7.36. The Balaban J connectivity index is 1.90. The van der Waals surface area contributed by atoms with Crippen molar-refractivity contribution in [3.05, 3.63) is 72.1 Å². The van der Waals surface area contributed by atoms with Gasteiger partial charge >= 0.3 is 0 Å². The number of benzene rings is 2. The van der Waals surface area contributed by atoms with Crippen molar-refractivity contribution in [2.75, 3.05) is 16.8 Å². The molecule has 0 spiro atoms. The van der Waals surface area contributed by atoms with E-state index in [-0.39, 0.29) is 0 Å². The highest BCUT2D eigenvalue weighted by atomic mass is 14.9. The summed E-state index contributed by atoms with van der Waals surface area (Å²) in [6.45, 7) is 0. The minimum absolute atomic E-state index is 0.292. The van der Waals surface area contributed by atoms with Crippen LogP contribution in [-0.2, 0) is 0 Å². The molecule has 3 rings (SSSR count). The Bertz CT molecular complexity index is 857. The summed E-state index contributed by atoms with van der Waals surface area (Å²) in [6, 6.07) is 14.5. The quantitative estimate of drug-likeness (QED) is 0.440. The molecule has 1 aliphatic rings. The van der Waals surface area contributed by atoms with Crippen molar-refractivity contribution in [3.8, 4) is 0 Å². The van der Waals surface area contributed by atoms with Crippen LogP contribution in [0.5, 0.6) is 0 Å². The van der Waals surface area contributed by atoms with Gasteiger partial charge in [0, 0.05) is 17.1 Å². The molecule has 0 unspecified atom stereocenters. The number of nitrogen functional groups attached to an aromatic ring is 2. The number of rotatable bonds is 3. The number of allylic oxidation sites excluding steroid dienone is 2. The Kier molecular flexibility index (Phi) is 4.03. The van der Waals surface area contributed by atoms with Crippen LogP contribution < -0.4 is 22.5 Å². The van der Waals surface area contributed by atoms with Gasteiger partial charge in [0.25, 0.3) is 0 Å². The highest BCUT2D eigenvalue weighted by Crippen LogP contribution is 2.20. The fourth-order valence-electron chi connectivity index (χ4n) is 2.22. The molecule has 24 heavy (non-hydrogen) atoms. The van der Waals surface area contributed by atoms with Gasteiger partial charge in [-0.15, -0.1) is 0 Å². The third kappa shape index (κ3) is 3.44. The Morgan fingerprint density at radius 3 is 2.00 bits per heavy atom. The van der Waals surface area contributed by atoms with Crippen LogP contribution in [-0.4, -0.2) is 11.4 Å². The zero-order chi connectivity index (χ0) is 17.1. The lowest BCUT2D eigenvalue weighted by Crippen LogP contribution is -2.21. The van der Waals surface area contributed by atoms with E-state index < -0.39 is 0 Å². The largest absolute Gasteiger partial charge is 0.399 e. The van der Waals surface area contributed by atoms with Crippen molar-refractivity contribution in [1.82, 2.24) is 0 Å². The minimum Gasteiger partial charge on any atom is -0.399 e. The summed E-state index contributed by atoms with van der Waals surface area (Å²) in [5.74, 6) is 0. The van der Waals surface area contributed by atoms with E-state index >= 15 is 0 Å². The summed E-state index contributed by atoms with van der Waals surface area (Å²) < 4.78 is 0. The number of nitrogens with one attached hydrogen (secondary N) is 2. The van der Waals surface area contributed by atoms with E-state index in [1.54, 1.807) is 36.4 Å². The van der Waals surface area contributed by atoms with Gasteiger partial charge in [0.2, 0.25) is 0 Å². The topological polar surface area (TPSA) is 126 Å². The zero-order valence-electron chi connectivity index (χ0n) is 13.0. The fourth-order valence-corrected chi connectivity index (χ4v) is 2.22. The molecule has 6 heteroatoms. The zero-order valence-corrected chi connectivity index (χ0v) is 13.0. The lowest BCUT2D eigenvalue weighted by atomic mass is 10.0. The standard InChI is InChI=1S/C18H18N6/c19-11-1-5-13(6-2-11)23-17-10-18(16(22)9-15(17)21)24-14-7-3-12(20)4-8-14/h1-10,21,23H,19-20,22H2. The van der Waals surface area contributed by atoms with Crippen LogP contribution in [0.3, 0.4) is 0 Å². The van der Waals surface area contributed by atoms with Crippen LogP contribution in [0.1, 0.15) is 0 Å². The summed E-state index contributed by atoms with van der Waals surface area (Å²) >= 11 is 0. The smallest absolute Gasteiger partial charge is 0.0888 e. The van der Waals surface area contributed by atoms with Gasteiger partial charge < -0.3 is 22.5 Å². The average Bonchev–Trinajstić information content (AvgIpc) is 2.56. The van der Waals surface area contributed by atoms with Gasteiger partial charge in [0.15, 0.2) is 0 Å². The summed E-state index contributed by atoms with van der Waals surface area (Å²) in [5.41, 5.74) is 22.2. The van der Waals surface area contributed by atoms with Crippen molar-refractivity contribution in [1.29, 1.82) is 5.41 Å². The van der Waals surface area contributed by atoms with E-state index in [1.165, 1.54) is 0 Å². The molecule has 2 aromatic rings. The summed E-state index contributed by atoms with van der Waals surface area (Å²) in [4.78, 5) is 4.52. The highest BCUT2D eigenvalue weighted by Gasteiger charge is 2.14. The molecule has 0 saturated heterocycles. The van der Waals surface area contributed by atoms with E-state index in [0.29, 0.717) is 34.2 Å². The normalized spacial score (nSPS) is 15.8. The first-order valence-corrected chi connectivity index (χ1v) is 7.36. The molecule has 0 atom stereocenters. The van der Waals surface area contributed by atoms with Crippen LogP contribution in [0.15, 0.2) is 77.1 Å². The summed E-state index contributed by atoms with van der Waals surface area (Å²) in [6.07, 6.45) is 3.33. The maximum Gasteiger partial charge on any atom is 0.0888 e. The maximum absolute atomic E-state index is 8.08. The first kappa shape index (κ1) is 15.4. The van der Waals surface area contributed by atoms with Crippen LogP contribution >= 0.6 is 0 Å². The first-order chi connectivity index (χ1) is 11.5. The lowest BCUT2D eigenvalue weighted by molar-refractivity contribution is 1.37. The average molecular weight is 318 g/mol. The molecule has 8 N–H and O–H groups in total. The Labute approximate surface area is 139 Å². The third-order valence-electron chi connectivity index (χ3n) is 3.50. The molecule has 6 nitrogen and oxygen atoms in total. The van der Waals surface area contributed by atoms with Crippen LogP contribution in [0.25, 0.3) is 0 Å². The monoisotopic (exact) mass is 318 g/mol. The van der Waals surface area contributed by atoms with Gasteiger partial charge in [-0.1, -0.05) is 0 Å². The van der Waals surface area contributed by atoms with Crippen molar-refractivity contribution >= 4 is 34.2 Å². The van der Waals surface area contributed by atoms with Gasteiger partial charge in [-0.3, -0.25) is 5.41 Å². The SMILES string of the molecule is N=C1C=C(N)C(=Nc2ccc(N)cc2)C=C1Nc1ccc(N)cc1. The van der Waals surface area contributed by atoms with Gasteiger partial charge in [0.05, 0.1) is 28.5 Å². The van der Waals surface area contributed by atoms with E-state index in [4.69, 9.17) is 22.6 Å². The number of hydrogen-bond acceptors (Lipinski definition) is 6. The van der Waals surface area contributed by atoms with E-state index in [1.807, 2.05) is 24.3 Å². The molecular weight excluding hydrogens is 300 g/mol. The van der Waals surface area contributed by atoms with Crippen LogP contribution in [0.4, 0.5) is 22.7 Å². The molecule has 0 amide bonds. The van der Waals surface area contributed by atoms with Gasteiger partial charge in [-0.2, -0.15) is 0 Å². The van der Waals surface area contributed by atoms with Gasteiger partial charge in [-0.05, 0) is 60.7 Å². The Hall–Kier alpha value is -3.54. The lowest BCUT2D eigenvalue weighted by Gasteiger charge is -2.16. The molecule has 120 valence electrons. The second-order valence-electron chi connectivity index (χ2n) is 5.41. The van der Waals surface area contributed by atoms with E-state index in [9.17, 15) is 0 Å². The molecule has 2 aromatic carbocycles. The molecule has 0 radical (unpaired) electrons. The molecule has 0 saturated carbocycles. The molecule has 0 bridgehead atoms. The number of aliphatic imine (C=N–C) groups is 1. The van der Waals surface area contributed by atoms with Gasteiger partial charge in [0.1, 0.15) is 0 Å². The number of anilines is 3.